The Hall–Kier alpha value is -5.46. The van der Waals surface area contributed by atoms with E-state index in [0.29, 0.717) is 0 Å². The molecule has 0 aliphatic rings. The van der Waals surface area contributed by atoms with Crippen LogP contribution < -0.4 is 0 Å². The van der Waals surface area contributed by atoms with Crippen molar-refractivity contribution in [2.45, 2.75) is 13.8 Å². The van der Waals surface area contributed by atoms with Crippen LogP contribution in [0.3, 0.4) is 0 Å². The number of aryl methyl sites for hydroxylation is 2. The molecule has 0 saturated carbocycles. The minimum Gasteiger partial charge on any atom is -0.0622 e. The first kappa shape index (κ1) is 27.4. The highest BCUT2D eigenvalue weighted by atomic mass is 14.1. The Morgan fingerprint density at radius 3 is 0.659 bits per heavy atom. The molecule has 0 aliphatic carbocycles. The van der Waals surface area contributed by atoms with Crippen LogP contribution in [0.25, 0.3) is 66.8 Å². The zero-order chi connectivity index (χ0) is 29.9. The number of hydrogen-bond acceptors (Lipinski definition) is 0. The molecule has 0 atom stereocenters. The Morgan fingerprint density at radius 1 is 0.205 bits per heavy atom. The van der Waals surface area contributed by atoms with Crippen molar-refractivity contribution in [1.82, 2.24) is 0 Å². The van der Waals surface area contributed by atoms with Crippen LogP contribution in [0.15, 0.2) is 170 Å². The predicted octanol–water partition coefficient (Wildman–Crippen LogP) is 12.3. The normalized spacial score (nSPS) is 11.0. The van der Waals surface area contributed by atoms with Gasteiger partial charge in [-0.3, -0.25) is 0 Å². The first-order chi connectivity index (χ1) is 21.6. The molecule has 0 bridgehead atoms. The van der Waals surface area contributed by atoms with Gasteiger partial charge in [-0.05, 0) is 117 Å². The summed E-state index contributed by atoms with van der Waals surface area (Å²) in [7, 11) is 0. The van der Waals surface area contributed by atoms with Crippen molar-refractivity contribution in [3.05, 3.63) is 181 Å². The molecule has 7 aromatic carbocycles. The Kier molecular flexibility index (Phi) is 7.49. The van der Waals surface area contributed by atoms with Gasteiger partial charge in [-0.25, -0.2) is 0 Å². The summed E-state index contributed by atoms with van der Waals surface area (Å²) in [5, 5.41) is 0. The molecular weight excluding hydrogens is 528 g/mol. The summed E-state index contributed by atoms with van der Waals surface area (Å²) in [6.45, 7) is 4.27. The first-order valence-electron chi connectivity index (χ1n) is 15.2. The van der Waals surface area contributed by atoms with Gasteiger partial charge in [0.25, 0.3) is 0 Å². The van der Waals surface area contributed by atoms with E-state index >= 15 is 0 Å². The van der Waals surface area contributed by atoms with Gasteiger partial charge in [0, 0.05) is 0 Å². The average molecular weight is 563 g/mol. The Morgan fingerprint density at radius 2 is 0.409 bits per heavy atom. The highest BCUT2D eigenvalue weighted by Crippen LogP contribution is 2.36. The number of benzene rings is 7. The molecule has 0 aliphatic heterocycles. The molecule has 0 radical (unpaired) electrons. The Bertz CT molecular complexity index is 1860. The maximum atomic E-state index is 2.32. The van der Waals surface area contributed by atoms with Gasteiger partial charge < -0.3 is 0 Å². The molecule has 0 amide bonds. The van der Waals surface area contributed by atoms with Gasteiger partial charge in [0.2, 0.25) is 0 Å². The lowest BCUT2D eigenvalue weighted by atomic mass is 9.91. The quantitative estimate of drug-likeness (QED) is 0.189. The molecule has 0 nitrogen and oxygen atoms in total. The summed E-state index contributed by atoms with van der Waals surface area (Å²) in [5.74, 6) is 0. The zero-order valence-corrected chi connectivity index (χ0v) is 25.2. The van der Waals surface area contributed by atoms with E-state index < -0.39 is 0 Å². The standard InChI is InChI=1S/C44H34/c1-31-13-17-35(18-14-31)41-25-39(33-9-5-3-6-10-33)27-43(29-41)37-21-23-38(24-22-37)44-28-40(34-11-7-4-8-12-34)26-42(30-44)36-19-15-32(2)16-20-36/h3-30H,1-2H3. The van der Waals surface area contributed by atoms with Gasteiger partial charge in [-0.15, -0.1) is 0 Å². The van der Waals surface area contributed by atoms with Crippen LogP contribution in [0.2, 0.25) is 0 Å². The van der Waals surface area contributed by atoms with E-state index in [1.165, 1.54) is 77.9 Å². The predicted molar refractivity (Wildman–Crippen MR) is 189 cm³/mol. The Balaban J connectivity index is 1.30. The number of rotatable bonds is 6. The van der Waals surface area contributed by atoms with Crippen molar-refractivity contribution in [3.8, 4) is 66.8 Å². The molecule has 0 spiro atoms. The molecular formula is C44H34. The highest BCUT2D eigenvalue weighted by Gasteiger charge is 2.10. The van der Waals surface area contributed by atoms with Gasteiger partial charge in [-0.1, -0.05) is 145 Å². The van der Waals surface area contributed by atoms with Gasteiger partial charge >= 0.3 is 0 Å². The smallest absolute Gasteiger partial charge is 0.0172 e. The molecule has 7 aromatic rings. The molecule has 210 valence electrons. The van der Waals surface area contributed by atoms with Crippen LogP contribution in [-0.2, 0) is 0 Å². The van der Waals surface area contributed by atoms with Crippen molar-refractivity contribution in [2.75, 3.05) is 0 Å². The fourth-order valence-corrected chi connectivity index (χ4v) is 5.86. The second kappa shape index (κ2) is 12.0. The molecule has 0 N–H and O–H groups in total. The third-order valence-electron chi connectivity index (χ3n) is 8.40. The largest absolute Gasteiger partial charge is 0.0622 e. The molecule has 0 aromatic heterocycles. The van der Waals surface area contributed by atoms with Crippen molar-refractivity contribution in [3.63, 3.8) is 0 Å². The topological polar surface area (TPSA) is 0 Å². The van der Waals surface area contributed by atoms with Crippen LogP contribution in [0, 0.1) is 13.8 Å². The van der Waals surface area contributed by atoms with E-state index in [4.69, 9.17) is 0 Å². The van der Waals surface area contributed by atoms with E-state index in [1.54, 1.807) is 0 Å². The van der Waals surface area contributed by atoms with E-state index in [2.05, 4.69) is 184 Å². The molecule has 0 unspecified atom stereocenters. The third kappa shape index (κ3) is 5.89. The van der Waals surface area contributed by atoms with Crippen LogP contribution >= 0.6 is 0 Å². The van der Waals surface area contributed by atoms with Crippen LogP contribution in [0.1, 0.15) is 11.1 Å². The minimum atomic E-state index is 1.21. The van der Waals surface area contributed by atoms with Crippen molar-refractivity contribution >= 4 is 0 Å². The molecule has 0 saturated heterocycles. The molecule has 0 fully saturated rings. The van der Waals surface area contributed by atoms with E-state index in [-0.39, 0.29) is 0 Å². The van der Waals surface area contributed by atoms with Crippen LogP contribution in [0.4, 0.5) is 0 Å². The molecule has 7 rings (SSSR count). The van der Waals surface area contributed by atoms with Gasteiger partial charge in [-0.2, -0.15) is 0 Å². The van der Waals surface area contributed by atoms with Crippen molar-refractivity contribution in [1.29, 1.82) is 0 Å². The SMILES string of the molecule is Cc1ccc(-c2cc(-c3ccccc3)cc(-c3ccc(-c4cc(-c5ccccc5)cc(-c5ccc(C)cc5)c4)cc3)c2)cc1. The fourth-order valence-electron chi connectivity index (χ4n) is 5.86. The van der Waals surface area contributed by atoms with Gasteiger partial charge in [0.15, 0.2) is 0 Å². The lowest BCUT2D eigenvalue weighted by molar-refractivity contribution is 1.47. The summed E-state index contributed by atoms with van der Waals surface area (Å²) in [6, 6.07) is 61.9. The minimum absolute atomic E-state index is 1.21. The van der Waals surface area contributed by atoms with Gasteiger partial charge in [0.05, 0.1) is 0 Å². The summed E-state index contributed by atoms with van der Waals surface area (Å²) >= 11 is 0. The first-order valence-corrected chi connectivity index (χ1v) is 15.2. The molecule has 0 heteroatoms. The maximum absolute atomic E-state index is 2.32. The van der Waals surface area contributed by atoms with Gasteiger partial charge in [0.1, 0.15) is 0 Å². The van der Waals surface area contributed by atoms with E-state index in [0.717, 1.165) is 0 Å². The highest BCUT2D eigenvalue weighted by molar-refractivity contribution is 5.84. The average Bonchev–Trinajstić information content (AvgIpc) is 3.09. The third-order valence-corrected chi connectivity index (χ3v) is 8.40. The lowest BCUT2D eigenvalue weighted by Crippen LogP contribution is -1.88. The summed E-state index contributed by atoms with van der Waals surface area (Å²) in [6.07, 6.45) is 0. The monoisotopic (exact) mass is 562 g/mol. The molecule has 44 heavy (non-hydrogen) atoms. The second-order valence-corrected chi connectivity index (χ2v) is 11.6. The zero-order valence-electron chi connectivity index (χ0n) is 25.2. The fraction of sp³-hybridized carbons (Fsp3) is 0.0455. The van der Waals surface area contributed by atoms with Crippen molar-refractivity contribution in [2.24, 2.45) is 0 Å². The molecule has 0 heterocycles. The van der Waals surface area contributed by atoms with E-state index in [1.807, 2.05) is 0 Å². The summed E-state index contributed by atoms with van der Waals surface area (Å²) < 4.78 is 0. The summed E-state index contributed by atoms with van der Waals surface area (Å²) in [4.78, 5) is 0. The van der Waals surface area contributed by atoms with Crippen molar-refractivity contribution < 1.29 is 0 Å². The second-order valence-electron chi connectivity index (χ2n) is 11.6. The summed E-state index contributed by atoms with van der Waals surface area (Å²) in [5.41, 5.74) is 17.2. The van der Waals surface area contributed by atoms with Crippen LogP contribution in [-0.4, -0.2) is 0 Å². The van der Waals surface area contributed by atoms with Crippen LogP contribution in [0.5, 0.6) is 0 Å². The Labute approximate surface area is 261 Å². The van der Waals surface area contributed by atoms with E-state index in [9.17, 15) is 0 Å². The number of hydrogen-bond donors (Lipinski definition) is 0. The maximum Gasteiger partial charge on any atom is -0.0172 e. The lowest BCUT2D eigenvalue weighted by Gasteiger charge is -2.13.